The molecule has 0 fully saturated rings. The molecule has 0 unspecified atom stereocenters. The van der Waals surface area contributed by atoms with Crippen LogP contribution in [0.2, 0.25) is 0 Å². The van der Waals surface area contributed by atoms with Crippen LogP contribution in [-0.2, 0) is 6.61 Å². The summed E-state index contributed by atoms with van der Waals surface area (Å²) in [6.07, 6.45) is 0. The molecular formula is C13H11BrFNO. The van der Waals surface area contributed by atoms with E-state index in [1.54, 1.807) is 6.07 Å². The lowest BCUT2D eigenvalue weighted by molar-refractivity contribution is 0.306. The summed E-state index contributed by atoms with van der Waals surface area (Å²) in [5.41, 5.74) is 6.86. The Balaban J connectivity index is 2.04. The molecule has 0 aromatic heterocycles. The molecule has 0 spiro atoms. The number of rotatable bonds is 3. The van der Waals surface area contributed by atoms with Crippen LogP contribution in [0.3, 0.4) is 0 Å². The second-order valence-corrected chi connectivity index (χ2v) is 4.50. The maximum Gasteiger partial charge on any atom is 0.125 e. The standard InChI is InChI=1S/C13H11BrFNO/c14-10-2-5-12(6-3-10)17-8-9-1-4-11(15)7-13(9)16/h1-7H,8,16H2. The van der Waals surface area contributed by atoms with Gasteiger partial charge in [-0.25, -0.2) is 4.39 Å². The predicted octanol–water partition coefficient (Wildman–Crippen LogP) is 3.75. The Hall–Kier alpha value is -1.55. The van der Waals surface area contributed by atoms with Crippen molar-refractivity contribution in [3.8, 4) is 5.75 Å². The highest BCUT2D eigenvalue weighted by Gasteiger charge is 2.02. The first-order valence-corrected chi connectivity index (χ1v) is 5.87. The van der Waals surface area contributed by atoms with Crippen LogP contribution in [0, 0.1) is 5.82 Å². The molecule has 2 aromatic rings. The van der Waals surface area contributed by atoms with E-state index in [0.717, 1.165) is 15.8 Å². The second kappa shape index (κ2) is 5.19. The first-order valence-electron chi connectivity index (χ1n) is 5.07. The molecule has 0 amide bonds. The van der Waals surface area contributed by atoms with E-state index in [1.807, 2.05) is 24.3 Å². The summed E-state index contributed by atoms with van der Waals surface area (Å²) in [7, 11) is 0. The van der Waals surface area contributed by atoms with Gasteiger partial charge in [0.15, 0.2) is 0 Å². The number of nitrogens with two attached hydrogens (primary N) is 1. The minimum Gasteiger partial charge on any atom is -0.489 e. The topological polar surface area (TPSA) is 35.2 Å². The van der Waals surface area contributed by atoms with Gasteiger partial charge in [-0.2, -0.15) is 0 Å². The zero-order valence-electron chi connectivity index (χ0n) is 8.99. The average molecular weight is 296 g/mol. The Morgan fingerprint density at radius 2 is 1.82 bits per heavy atom. The summed E-state index contributed by atoms with van der Waals surface area (Å²) < 4.78 is 19.4. The molecule has 88 valence electrons. The van der Waals surface area contributed by atoms with E-state index in [-0.39, 0.29) is 5.82 Å². The smallest absolute Gasteiger partial charge is 0.125 e. The van der Waals surface area contributed by atoms with Crippen LogP contribution in [0.1, 0.15) is 5.56 Å². The lowest BCUT2D eigenvalue weighted by Crippen LogP contribution is -2.00. The SMILES string of the molecule is Nc1cc(F)ccc1COc1ccc(Br)cc1. The van der Waals surface area contributed by atoms with Crippen LogP contribution in [0.15, 0.2) is 46.9 Å². The quantitative estimate of drug-likeness (QED) is 0.875. The van der Waals surface area contributed by atoms with Crippen LogP contribution in [0.5, 0.6) is 5.75 Å². The van der Waals surface area contributed by atoms with E-state index in [0.29, 0.717) is 12.3 Å². The van der Waals surface area contributed by atoms with Crippen LogP contribution in [-0.4, -0.2) is 0 Å². The van der Waals surface area contributed by atoms with E-state index >= 15 is 0 Å². The zero-order valence-corrected chi connectivity index (χ0v) is 10.6. The van der Waals surface area contributed by atoms with Gasteiger partial charge >= 0.3 is 0 Å². The third kappa shape index (κ3) is 3.20. The lowest BCUT2D eigenvalue weighted by atomic mass is 10.2. The molecule has 17 heavy (non-hydrogen) atoms. The molecule has 0 saturated carbocycles. The van der Waals surface area contributed by atoms with Crippen molar-refractivity contribution in [1.29, 1.82) is 0 Å². The molecular weight excluding hydrogens is 285 g/mol. The summed E-state index contributed by atoms with van der Waals surface area (Å²) in [6.45, 7) is 0.327. The molecule has 0 heterocycles. The maximum absolute atomic E-state index is 12.8. The first kappa shape index (κ1) is 11.9. The van der Waals surface area contributed by atoms with Gasteiger partial charge in [-0.05, 0) is 36.4 Å². The number of halogens is 2. The van der Waals surface area contributed by atoms with E-state index in [1.165, 1.54) is 12.1 Å². The molecule has 0 aliphatic rings. The Kier molecular flexibility index (Phi) is 3.64. The Bertz CT molecular complexity index is 513. The van der Waals surface area contributed by atoms with Gasteiger partial charge in [0.05, 0.1) is 0 Å². The first-order chi connectivity index (χ1) is 8.15. The molecule has 2 rings (SSSR count). The molecule has 0 aliphatic heterocycles. The monoisotopic (exact) mass is 295 g/mol. The minimum absolute atomic E-state index is 0.327. The van der Waals surface area contributed by atoms with Gasteiger partial charge < -0.3 is 10.5 Å². The largest absolute Gasteiger partial charge is 0.489 e. The van der Waals surface area contributed by atoms with Crippen molar-refractivity contribution in [3.05, 3.63) is 58.3 Å². The number of nitrogen functional groups attached to an aromatic ring is 1. The fourth-order valence-corrected chi connectivity index (χ4v) is 1.65. The molecule has 0 saturated heterocycles. The van der Waals surface area contributed by atoms with Crippen LogP contribution in [0.4, 0.5) is 10.1 Å². The Morgan fingerprint density at radius 3 is 2.47 bits per heavy atom. The average Bonchev–Trinajstić information content (AvgIpc) is 2.30. The fraction of sp³-hybridized carbons (Fsp3) is 0.0769. The molecule has 2 N–H and O–H groups in total. The molecule has 2 aromatic carbocycles. The molecule has 0 bridgehead atoms. The van der Waals surface area contributed by atoms with Gasteiger partial charge in [0, 0.05) is 15.7 Å². The van der Waals surface area contributed by atoms with Gasteiger partial charge in [0.25, 0.3) is 0 Å². The molecule has 0 radical (unpaired) electrons. The Morgan fingerprint density at radius 1 is 1.12 bits per heavy atom. The van der Waals surface area contributed by atoms with Gasteiger partial charge in [-0.3, -0.25) is 0 Å². The van der Waals surface area contributed by atoms with Crippen molar-refractivity contribution in [1.82, 2.24) is 0 Å². The molecule has 2 nitrogen and oxygen atoms in total. The van der Waals surface area contributed by atoms with Crippen molar-refractivity contribution in [2.75, 3.05) is 5.73 Å². The van der Waals surface area contributed by atoms with Crippen molar-refractivity contribution in [2.24, 2.45) is 0 Å². The summed E-state index contributed by atoms with van der Waals surface area (Å²) in [4.78, 5) is 0. The third-order valence-corrected chi connectivity index (χ3v) is 2.84. The van der Waals surface area contributed by atoms with Gasteiger partial charge in [0.1, 0.15) is 18.2 Å². The number of ether oxygens (including phenoxy) is 1. The van der Waals surface area contributed by atoms with Gasteiger partial charge in [0.2, 0.25) is 0 Å². The van der Waals surface area contributed by atoms with Crippen molar-refractivity contribution in [3.63, 3.8) is 0 Å². The van der Waals surface area contributed by atoms with Crippen LogP contribution >= 0.6 is 15.9 Å². The zero-order chi connectivity index (χ0) is 12.3. The maximum atomic E-state index is 12.8. The predicted molar refractivity (Wildman–Crippen MR) is 69.3 cm³/mol. The highest BCUT2D eigenvalue weighted by Crippen LogP contribution is 2.19. The normalized spacial score (nSPS) is 10.2. The second-order valence-electron chi connectivity index (χ2n) is 3.59. The molecule has 0 atom stereocenters. The minimum atomic E-state index is -0.338. The van der Waals surface area contributed by atoms with Gasteiger partial charge in [-0.1, -0.05) is 22.0 Å². The van der Waals surface area contributed by atoms with Crippen molar-refractivity contribution in [2.45, 2.75) is 6.61 Å². The highest BCUT2D eigenvalue weighted by molar-refractivity contribution is 9.10. The number of hydrogen-bond donors (Lipinski definition) is 1. The summed E-state index contributed by atoms with van der Waals surface area (Å²) in [5, 5.41) is 0. The number of benzene rings is 2. The number of anilines is 1. The summed E-state index contributed by atoms with van der Waals surface area (Å²) >= 11 is 3.34. The number of hydrogen-bond acceptors (Lipinski definition) is 2. The van der Waals surface area contributed by atoms with Gasteiger partial charge in [-0.15, -0.1) is 0 Å². The third-order valence-electron chi connectivity index (χ3n) is 2.32. The molecule has 0 aliphatic carbocycles. The van der Waals surface area contributed by atoms with E-state index in [4.69, 9.17) is 10.5 Å². The highest BCUT2D eigenvalue weighted by atomic mass is 79.9. The lowest BCUT2D eigenvalue weighted by Gasteiger charge is -2.08. The Labute approximate surface area is 107 Å². The van der Waals surface area contributed by atoms with Crippen LogP contribution in [0.25, 0.3) is 0 Å². The van der Waals surface area contributed by atoms with E-state index < -0.39 is 0 Å². The van der Waals surface area contributed by atoms with Crippen LogP contribution < -0.4 is 10.5 Å². The fourth-order valence-electron chi connectivity index (χ4n) is 1.39. The summed E-state index contributed by atoms with van der Waals surface area (Å²) in [5.74, 6) is 0.409. The molecule has 4 heteroatoms. The van der Waals surface area contributed by atoms with E-state index in [9.17, 15) is 4.39 Å². The van der Waals surface area contributed by atoms with Crippen molar-refractivity contribution >= 4 is 21.6 Å². The van der Waals surface area contributed by atoms with E-state index in [2.05, 4.69) is 15.9 Å². The van der Waals surface area contributed by atoms with Crippen molar-refractivity contribution < 1.29 is 9.13 Å². The summed E-state index contributed by atoms with van der Waals surface area (Å²) in [6, 6.07) is 11.8.